The Kier molecular flexibility index (Phi) is 4.31. The minimum atomic E-state index is 0.596. The van der Waals surface area contributed by atoms with Crippen LogP contribution in [0.3, 0.4) is 0 Å². The van der Waals surface area contributed by atoms with Gasteiger partial charge in [0.1, 0.15) is 12.4 Å². The second-order valence-corrected chi connectivity index (χ2v) is 3.76. The fourth-order valence-corrected chi connectivity index (χ4v) is 1.30. The van der Waals surface area contributed by atoms with Crippen molar-refractivity contribution in [3.8, 4) is 5.75 Å². The van der Waals surface area contributed by atoms with Crippen LogP contribution in [0.4, 0.5) is 0 Å². The van der Waals surface area contributed by atoms with Crippen molar-refractivity contribution in [2.24, 2.45) is 0 Å². The average molecular weight is 207 g/mol. The van der Waals surface area contributed by atoms with Crippen LogP contribution in [0.15, 0.2) is 18.2 Å². The predicted octanol–water partition coefficient (Wildman–Crippen LogP) is 1.75. The molecule has 1 rings (SSSR count). The minimum absolute atomic E-state index is 0.596. The van der Waals surface area contributed by atoms with E-state index in [4.69, 9.17) is 4.74 Å². The van der Waals surface area contributed by atoms with Crippen molar-refractivity contribution < 1.29 is 9.53 Å². The van der Waals surface area contributed by atoms with Crippen molar-refractivity contribution in [2.75, 3.05) is 27.2 Å². The van der Waals surface area contributed by atoms with Crippen molar-refractivity contribution in [2.45, 2.75) is 6.92 Å². The van der Waals surface area contributed by atoms with Crippen LogP contribution in [0.5, 0.6) is 5.75 Å². The number of para-hydroxylation sites is 1. The van der Waals surface area contributed by atoms with E-state index >= 15 is 0 Å². The lowest BCUT2D eigenvalue weighted by molar-refractivity contribution is 0.111. The van der Waals surface area contributed by atoms with Gasteiger partial charge in [-0.2, -0.15) is 0 Å². The van der Waals surface area contributed by atoms with Crippen molar-refractivity contribution in [3.05, 3.63) is 29.3 Å². The lowest BCUT2D eigenvalue weighted by atomic mass is 10.1. The summed E-state index contributed by atoms with van der Waals surface area (Å²) < 4.78 is 5.60. The molecule has 0 aliphatic heterocycles. The van der Waals surface area contributed by atoms with Gasteiger partial charge in [-0.15, -0.1) is 0 Å². The summed E-state index contributed by atoms with van der Waals surface area (Å²) in [5.41, 5.74) is 1.62. The topological polar surface area (TPSA) is 29.5 Å². The first kappa shape index (κ1) is 11.7. The summed E-state index contributed by atoms with van der Waals surface area (Å²) in [6.45, 7) is 3.38. The van der Waals surface area contributed by atoms with Crippen LogP contribution >= 0.6 is 0 Å². The zero-order chi connectivity index (χ0) is 11.3. The molecule has 0 saturated heterocycles. The third kappa shape index (κ3) is 3.36. The molecule has 0 radical (unpaired) electrons. The SMILES string of the molecule is Cc1cccc(C=O)c1OCCN(C)C. The molecule has 3 heteroatoms. The molecule has 82 valence electrons. The Labute approximate surface area is 90.7 Å². The Morgan fingerprint density at radius 3 is 2.73 bits per heavy atom. The van der Waals surface area contributed by atoms with Gasteiger partial charge >= 0.3 is 0 Å². The van der Waals surface area contributed by atoms with Crippen molar-refractivity contribution in [3.63, 3.8) is 0 Å². The van der Waals surface area contributed by atoms with Gasteiger partial charge in [0.2, 0.25) is 0 Å². The third-order valence-corrected chi connectivity index (χ3v) is 2.15. The van der Waals surface area contributed by atoms with Gasteiger partial charge in [-0.05, 0) is 32.6 Å². The molecule has 0 aromatic heterocycles. The summed E-state index contributed by atoms with van der Waals surface area (Å²) in [7, 11) is 3.98. The van der Waals surface area contributed by atoms with E-state index in [0.717, 1.165) is 18.4 Å². The van der Waals surface area contributed by atoms with Crippen LogP contribution in [0.1, 0.15) is 15.9 Å². The quantitative estimate of drug-likeness (QED) is 0.689. The number of likely N-dealkylation sites (N-methyl/N-ethyl adjacent to an activating group) is 1. The molecule has 0 bridgehead atoms. The highest BCUT2D eigenvalue weighted by atomic mass is 16.5. The van der Waals surface area contributed by atoms with E-state index in [2.05, 4.69) is 0 Å². The standard InChI is InChI=1S/C12H17NO2/c1-10-5-4-6-11(9-14)12(10)15-8-7-13(2)3/h4-6,9H,7-8H2,1-3H3. The molecule has 0 spiro atoms. The van der Waals surface area contributed by atoms with Gasteiger partial charge in [-0.1, -0.05) is 12.1 Å². The summed E-state index contributed by atoms with van der Waals surface area (Å²) in [5.74, 6) is 0.703. The minimum Gasteiger partial charge on any atom is -0.491 e. The number of hydrogen-bond acceptors (Lipinski definition) is 3. The number of hydrogen-bond donors (Lipinski definition) is 0. The van der Waals surface area contributed by atoms with Crippen molar-refractivity contribution >= 4 is 6.29 Å². The van der Waals surface area contributed by atoms with E-state index in [1.54, 1.807) is 6.07 Å². The summed E-state index contributed by atoms with van der Waals surface area (Å²) in [5, 5.41) is 0. The Morgan fingerprint density at radius 2 is 2.13 bits per heavy atom. The van der Waals surface area contributed by atoms with E-state index in [-0.39, 0.29) is 0 Å². The zero-order valence-corrected chi connectivity index (χ0v) is 9.49. The number of nitrogens with zero attached hydrogens (tertiary/aromatic N) is 1. The maximum atomic E-state index is 10.8. The van der Waals surface area contributed by atoms with Crippen molar-refractivity contribution in [1.82, 2.24) is 4.90 Å². The zero-order valence-electron chi connectivity index (χ0n) is 9.49. The van der Waals surface area contributed by atoms with E-state index in [9.17, 15) is 4.79 Å². The van der Waals surface area contributed by atoms with E-state index in [1.165, 1.54) is 0 Å². The van der Waals surface area contributed by atoms with Crippen LogP contribution in [0.25, 0.3) is 0 Å². The molecule has 1 aromatic rings. The molecule has 0 aliphatic carbocycles. The molecule has 0 saturated carbocycles. The van der Waals surface area contributed by atoms with Gasteiger partial charge in [0.15, 0.2) is 6.29 Å². The molecule has 0 unspecified atom stereocenters. The van der Waals surface area contributed by atoms with Crippen LogP contribution in [0.2, 0.25) is 0 Å². The normalized spacial score (nSPS) is 10.4. The Morgan fingerprint density at radius 1 is 1.40 bits per heavy atom. The highest BCUT2D eigenvalue weighted by Crippen LogP contribution is 2.21. The maximum Gasteiger partial charge on any atom is 0.153 e. The number of ether oxygens (including phenoxy) is 1. The van der Waals surface area contributed by atoms with Crippen LogP contribution < -0.4 is 4.74 Å². The number of aldehydes is 1. The molecule has 0 atom stereocenters. The van der Waals surface area contributed by atoms with Gasteiger partial charge in [-0.25, -0.2) is 0 Å². The lowest BCUT2D eigenvalue weighted by Gasteiger charge is -2.13. The van der Waals surface area contributed by atoms with Crippen molar-refractivity contribution in [1.29, 1.82) is 0 Å². The van der Waals surface area contributed by atoms with Crippen LogP contribution in [0, 0.1) is 6.92 Å². The van der Waals surface area contributed by atoms with Gasteiger partial charge in [-0.3, -0.25) is 4.79 Å². The van der Waals surface area contributed by atoms with Gasteiger partial charge in [0, 0.05) is 6.54 Å². The Bertz CT molecular complexity index is 334. The molecule has 3 nitrogen and oxygen atoms in total. The third-order valence-electron chi connectivity index (χ3n) is 2.15. The van der Waals surface area contributed by atoms with E-state index in [0.29, 0.717) is 17.9 Å². The number of carbonyl (C=O) groups is 1. The van der Waals surface area contributed by atoms with Gasteiger partial charge in [0.05, 0.1) is 5.56 Å². The number of benzene rings is 1. The smallest absolute Gasteiger partial charge is 0.153 e. The first-order chi connectivity index (χ1) is 7.15. The van der Waals surface area contributed by atoms with Gasteiger partial charge < -0.3 is 9.64 Å². The highest BCUT2D eigenvalue weighted by molar-refractivity contribution is 5.80. The number of carbonyl (C=O) groups excluding carboxylic acids is 1. The van der Waals surface area contributed by atoms with Crippen LogP contribution in [-0.4, -0.2) is 38.4 Å². The fraction of sp³-hybridized carbons (Fsp3) is 0.417. The monoisotopic (exact) mass is 207 g/mol. The first-order valence-corrected chi connectivity index (χ1v) is 4.97. The second kappa shape index (κ2) is 5.51. The van der Waals surface area contributed by atoms with E-state index < -0.39 is 0 Å². The summed E-state index contributed by atoms with van der Waals surface area (Å²) >= 11 is 0. The summed E-state index contributed by atoms with van der Waals surface area (Å²) in [6, 6.07) is 5.57. The maximum absolute atomic E-state index is 10.8. The van der Waals surface area contributed by atoms with E-state index in [1.807, 2.05) is 38.1 Å². The molecule has 0 amide bonds. The Hall–Kier alpha value is -1.35. The fourth-order valence-electron chi connectivity index (χ4n) is 1.30. The predicted molar refractivity (Wildman–Crippen MR) is 60.6 cm³/mol. The number of aryl methyl sites for hydroxylation is 1. The summed E-state index contributed by atoms with van der Waals surface area (Å²) in [6.07, 6.45) is 0.831. The Balaban J connectivity index is 2.70. The molecule has 0 N–H and O–H groups in total. The number of rotatable bonds is 5. The molecule has 0 fully saturated rings. The highest BCUT2D eigenvalue weighted by Gasteiger charge is 2.05. The lowest BCUT2D eigenvalue weighted by Crippen LogP contribution is -2.20. The summed E-state index contributed by atoms with van der Waals surface area (Å²) in [4.78, 5) is 12.8. The average Bonchev–Trinajstić information content (AvgIpc) is 2.20. The van der Waals surface area contributed by atoms with Crippen LogP contribution in [-0.2, 0) is 0 Å². The molecular formula is C12H17NO2. The molecule has 0 aliphatic rings. The van der Waals surface area contributed by atoms with Gasteiger partial charge in [0.25, 0.3) is 0 Å². The first-order valence-electron chi connectivity index (χ1n) is 4.97. The molecule has 0 heterocycles. The molecule has 15 heavy (non-hydrogen) atoms. The molecule has 1 aromatic carbocycles. The largest absolute Gasteiger partial charge is 0.491 e. The molecular weight excluding hydrogens is 190 g/mol. The second-order valence-electron chi connectivity index (χ2n) is 3.76.